The van der Waals surface area contributed by atoms with E-state index in [0.29, 0.717) is 18.5 Å². The molecule has 2 N–H and O–H groups in total. The van der Waals surface area contributed by atoms with Crippen LogP contribution in [0.4, 0.5) is 0 Å². The second kappa shape index (κ2) is 7.23. The van der Waals surface area contributed by atoms with Gasteiger partial charge in [-0.25, -0.2) is 4.98 Å². The maximum atomic E-state index is 12.4. The van der Waals surface area contributed by atoms with Crippen LogP contribution in [0.3, 0.4) is 0 Å². The summed E-state index contributed by atoms with van der Waals surface area (Å²) in [6, 6.07) is 23.8. The predicted molar refractivity (Wildman–Crippen MR) is 104 cm³/mol. The second-order valence-corrected chi connectivity index (χ2v) is 6.19. The van der Waals surface area contributed by atoms with Crippen LogP contribution in [0.1, 0.15) is 16.1 Å². The maximum absolute atomic E-state index is 12.4. The summed E-state index contributed by atoms with van der Waals surface area (Å²) in [6.07, 6.45) is 2.53. The average molecular weight is 341 g/mol. The van der Waals surface area contributed by atoms with Crippen LogP contribution in [0.2, 0.25) is 0 Å². The van der Waals surface area contributed by atoms with Crippen molar-refractivity contribution in [1.29, 1.82) is 0 Å². The fourth-order valence-corrected chi connectivity index (χ4v) is 2.97. The minimum absolute atomic E-state index is 0.0569. The first-order valence-corrected chi connectivity index (χ1v) is 8.66. The van der Waals surface area contributed by atoms with E-state index >= 15 is 0 Å². The van der Waals surface area contributed by atoms with Gasteiger partial charge < -0.3 is 10.3 Å². The topological polar surface area (TPSA) is 57.8 Å². The zero-order valence-electron chi connectivity index (χ0n) is 14.3. The SMILES string of the molecule is O=C(NCCc1cnc(-c2ccccc2)[nH]1)c1ccc2ccccc2c1. The van der Waals surface area contributed by atoms with Gasteiger partial charge >= 0.3 is 0 Å². The number of nitrogens with zero attached hydrogens (tertiary/aromatic N) is 1. The van der Waals surface area contributed by atoms with Gasteiger partial charge in [0.05, 0.1) is 0 Å². The quantitative estimate of drug-likeness (QED) is 0.571. The van der Waals surface area contributed by atoms with Gasteiger partial charge in [0.1, 0.15) is 5.82 Å². The van der Waals surface area contributed by atoms with Crippen LogP contribution in [-0.4, -0.2) is 22.4 Å². The molecule has 0 aliphatic rings. The largest absolute Gasteiger partial charge is 0.352 e. The first-order valence-electron chi connectivity index (χ1n) is 8.66. The van der Waals surface area contributed by atoms with E-state index in [-0.39, 0.29) is 5.91 Å². The molecule has 0 saturated carbocycles. The Morgan fingerprint density at radius 1 is 0.923 bits per heavy atom. The number of carbonyl (C=O) groups is 1. The summed E-state index contributed by atoms with van der Waals surface area (Å²) in [4.78, 5) is 20.1. The Labute approximate surface area is 151 Å². The molecular formula is C22H19N3O. The van der Waals surface area contributed by atoms with Crippen molar-refractivity contribution < 1.29 is 4.79 Å². The van der Waals surface area contributed by atoms with Crippen LogP contribution in [0, 0.1) is 0 Å². The van der Waals surface area contributed by atoms with Gasteiger partial charge in [0, 0.05) is 36.0 Å². The van der Waals surface area contributed by atoms with Crippen LogP contribution in [-0.2, 0) is 6.42 Å². The molecule has 4 heteroatoms. The monoisotopic (exact) mass is 341 g/mol. The second-order valence-electron chi connectivity index (χ2n) is 6.19. The zero-order chi connectivity index (χ0) is 17.8. The van der Waals surface area contributed by atoms with Gasteiger partial charge in [0.2, 0.25) is 0 Å². The van der Waals surface area contributed by atoms with Crippen LogP contribution in [0.15, 0.2) is 79.0 Å². The lowest BCUT2D eigenvalue weighted by molar-refractivity contribution is 0.0954. The number of aromatic amines is 1. The van der Waals surface area contributed by atoms with Crippen molar-refractivity contribution in [1.82, 2.24) is 15.3 Å². The van der Waals surface area contributed by atoms with Crippen molar-refractivity contribution >= 4 is 16.7 Å². The van der Waals surface area contributed by atoms with E-state index in [1.54, 1.807) is 0 Å². The third-order valence-electron chi connectivity index (χ3n) is 4.37. The maximum Gasteiger partial charge on any atom is 0.251 e. The van der Waals surface area contributed by atoms with E-state index < -0.39 is 0 Å². The molecule has 0 unspecified atom stereocenters. The molecule has 0 aliphatic heterocycles. The summed E-state index contributed by atoms with van der Waals surface area (Å²) in [6.45, 7) is 0.558. The number of nitrogens with one attached hydrogen (secondary N) is 2. The Morgan fingerprint density at radius 2 is 1.69 bits per heavy atom. The molecular weight excluding hydrogens is 322 g/mol. The van der Waals surface area contributed by atoms with Crippen LogP contribution < -0.4 is 5.32 Å². The average Bonchev–Trinajstić information content (AvgIpc) is 3.17. The highest BCUT2D eigenvalue weighted by Gasteiger charge is 2.07. The van der Waals surface area contributed by atoms with E-state index in [1.165, 1.54) is 0 Å². The van der Waals surface area contributed by atoms with Crippen molar-refractivity contribution in [2.24, 2.45) is 0 Å². The molecule has 0 aliphatic carbocycles. The minimum Gasteiger partial charge on any atom is -0.352 e. The van der Waals surface area contributed by atoms with Gasteiger partial charge in [-0.15, -0.1) is 0 Å². The third-order valence-corrected chi connectivity index (χ3v) is 4.37. The minimum atomic E-state index is -0.0569. The molecule has 1 amide bonds. The fraction of sp³-hybridized carbons (Fsp3) is 0.0909. The van der Waals surface area contributed by atoms with Gasteiger partial charge in [-0.05, 0) is 22.9 Å². The molecule has 0 spiro atoms. The van der Waals surface area contributed by atoms with Crippen molar-refractivity contribution in [3.8, 4) is 11.4 Å². The van der Waals surface area contributed by atoms with E-state index in [4.69, 9.17) is 0 Å². The number of benzene rings is 3. The highest BCUT2D eigenvalue weighted by molar-refractivity contribution is 5.98. The zero-order valence-corrected chi connectivity index (χ0v) is 14.3. The van der Waals surface area contributed by atoms with Gasteiger partial charge in [-0.2, -0.15) is 0 Å². The first kappa shape index (κ1) is 16.1. The standard InChI is InChI=1S/C22H19N3O/c26-22(19-11-10-16-6-4-5-9-18(16)14-19)23-13-12-20-15-24-21(25-20)17-7-2-1-3-8-17/h1-11,14-15H,12-13H2,(H,23,26)(H,24,25). The number of amides is 1. The van der Waals surface area contributed by atoms with Gasteiger partial charge in [-0.3, -0.25) is 4.79 Å². The molecule has 0 radical (unpaired) electrons. The predicted octanol–water partition coefficient (Wildman–Crippen LogP) is 4.20. The molecule has 4 nitrogen and oxygen atoms in total. The summed E-state index contributed by atoms with van der Waals surface area (Å²) in [7, 11) is 0. The van der Waals surface area contributed by atoms with Crippen LogP contribution >= 0.6 is 0 Å². The highest BCUT2D eigenvalue weighted by Crippen LogP contribution is 2.16. The number of imidazole rings is 1. The smallest absolute Gasteiger partial charge is 0.251 e. The van der Waals surface area contributed by atoms with Crippen molar-refractivity contribution in [3.63, 3.8) is 0 Å². The summed E-state index contributed by atoms with van der Waals surface area (Å²) in [5.74, 6) is 0.792. The van der Waals surface area contributed by atoms with E-state index in [0.717, 1.165) is 27.9 Å². The lowest BCUT2D eigenvalue weighted by Crippen LogP contribution is -2.25. The van der Waals surface area contributed by atoms with E-state index in [2.05, 4.69) is 15.3 Å². The number of H-pyrrole nitrogens is 1. The number of rotatable bonds is 5. The number of carbonyl (C=O) groups excluding carboxylic acids is 1. The Balaban J connectivity index is 1.37. The molecule has 0 bridgehead atoms. The molecule has 0 saturated heterocycles. The molecule has 128 valence electrons. The molecule has 1 aromatic heterocycles. The fourth-order valence-electron chi connectivity index (χ4n) is 2.97. The Bertz CT molecular complexity index is 1040. The molecule has 4 rings (SSSR count). The molecule has 26 heavy (non-hydrogen) atoms. The van der Waals surface area contributed by atoms with E-state index in [1.807, 2.05) is 79.0 Å². The lowest BCUT2D eigenvalue weighted by atomic mass is 10.1. The highest BCUT2D eigenvalue weighted by atomic mass is 16.1. The summed E-state index contributed by atoms with van der Waals surface area (Å²) in [5.41, 5.74) is 2.74. The summed E-state index contributed by atoms with van der Waals surface area (Å²) < 4.78 is 0. The van der Waals surface area contributed by atoms with Gasteiger partial charge in [-0.1, -0.05) is 60.7 Å². The number of aromatic nitrogens is 2. The molecule has 3 aromatic carbocycles. The van der Waals surface area contributed by atoms with Crippen molar-refractivity contribution in [2.45, 2.75) is 6.42 Å². The normalized spacial score (nSPS) is 10.8. The van der Waals surface area contributed by atoms with Crippen molar-refractivity contribution in [3.05, 3.63) is 90.3 Å². The molecule has 4 aromatic rings. The van der Waals surface area contributed by atoms with Crippen LogP contribution in [0.5, 0.6) is 0 Å². The summed E-state index contributed by atoms with van der Waals surface area (Å²) >= 11 is 0. The third kappa shape index (κ3) is 3.49. The van der Waals surface area contributed by atoms with Gasteiger partial charge in [0.25, 0.3) is 5.91 Å². The van der Waals surface area contributed by atoms with Gasteiger partial charge in [0.15, 0.2) is 0 Å². The number of fused-ring (bicyclic) bond motifs is 1. The Hall–Kier alpha value is -3.40. The van der Waals surface area contributed by atoms with E-state index in [9.17, 15) is 4.79 Å². The van der Waals surface area contributed by atoms with Crippen molar-refractivity contribution in [2.75, 3.05) is 6.54 Å². The van der Waals surface area contributed by atoms with Crippen LogP contribution in [0.25, 0.3) is 22.2 Å². The Morgan fingerprint density at radius 3 is 2.54 bits per heavy atom. The molecule has 0 atom stereocenters. The number of hydrogen-bond donors (Lipinski definition) is 2. The summed E-state index contributed by atoms with van der Waals surface area (Å²) in [5, 5.41) is 5.18. The Kier molecular flexibility index (Phi) is 4.48. The molecule has 1 heterocycles. The number of hydrogen-bond acceptors (Lipinski definition) is 2. The lowest BCUT2D eigenvalue weighted by Gasteiger charge is -2.06. The first-order chi connectivity index (χ1) is 12.8. The molecule has 0 fully saturated rings.